The van der Waals surface area contributed by atoms with Crippen molar-refractivity contribution in [2.45, 2.75) is 19.9 Å². The smallest absolute Gasteiger partial charge is 0.321 e. The zero-order chi connectivity index (χ0) is 19.8. The molecule has 0 aliphatic carbocycles. The molecule has 27 heavy (non-hydrogen) atoms. The fourth-order valence-corrected chi connectivity index (χ4v) is 2.64. The molecule has 0 saturated carbocycles. The van der Waals surface area contributed by atoms with Crippen LogP contribution < -0.4 is 21.3 Å². The van der Waals surface area contributed by atoms with E-state index in [4.69, 9.17) is 0 Å². The fourth-order valence-electron chi connectivity index (χ4n) is 2.64. The lowest BCUT2D eigenvalue weighted by Crippen LogP contribution is -2.45. The Hall–Kier alpha value is -3.19. The number of carbonyl (C=O) groups is 3. The quantitative estimate of drug-likeness (QED) is 0.627. The van der Waals surface area contributed by atoms with Gasteiger partial charge in [-0.1, -0.05) is 48.5 Å². The topological polar surface area (TPSA) is 99.3 Å². The van der Waals surface area contributed by atoms with Gasteiger partial charge in [0.25, 0.3) is 0 Å². The molecule has 4 amide bonds. The first-order valence-electron chi connectivity index (χ1n) is 8.59. The highest BCUT2D eigenvalue weighted by molar-refractivity contribution is 5.98. The van der Waals surface area contributed by atoms with E-state index in [1.165, 1.54) is 7.05 Å². The van der Waals surface area contributed by atoms with Gasteiger partial charge in [0.15, 0.2) is 0 Å². The number of urea groups is 1. The Morgan fingerprint density at radius 1 is 0.926 bits per heavy atom. The van der Waals surface area contributed by atoms with E-state index < -0.39 is 18.0 Å². The first-order chi connectivity index (χ1) is 12.9. The van der Waals surface area contributed by atoms with Gasteiger partial charge in [-0.25, -0.2) is 4.79 Å². The predicted octanol–water partition coefficient (Wildman–Crippen LogP) is 2.03. The normalized spacial score (nSPS) is 11.4. The van der Waals surface area contributed by atoms with Crippen LogP contribution in [-0.4, -0.2) is 31.4 Å². The number of anilines is 1. The Bertz CT molecular complexity index is 801. The lowest BCUT2D eigenvalue weighted by Gasteiger charge is -2.19. The summed E-state index contributed by atoms with van der Waals surface area (Å²) in [6.07, 6.45) is 0. The van der Waals surface area contributed by atoms with Crippen molar-refractivity contribution in [2.75, 3.05) is 18.9 Å². The van der Waals surface area contributed by atoms with E-state index in [1.54, 1.807) is 24.3 Å². The second-order valence-corrected chi connectivity index (χ2v) is 6.11. The molecule has 0 aromatic heterocycles. The molecule has 2 rings (SSSR count). The van der Waals surface area contributed by atoms with Crippen LogP contribution in [0.1, 0.15) is 22.7 Å². The summed E-state index contributed by atoms with van der Waals surface area (Å²) in [5.74, 6) is -0.818. The van der Waals surface area contributed by atoms with Gasteiger partial charge < -0.3 is 10.6 Å². The Labute approximate surface area is 158 Å². The van der Waals surface area contributed by atoms with Gasteiger partial charge in [0.1, 0.15) is 6.04 Å². The van der Waals surface area contributed by atoms with Crippen LogP contribution in [-0.2, 0) is 9.59 Å². The van der Waals surface area contributed by atoms with Crippen molar-refractivity contribution in [2.24, 2.45) is 0 Å². The summed E-state index contributed by atoms with van der Waals surface area (Å²) in [5.41, 5.74) is 3.33. The second-order valence-electron chi connectivity index (χ2n) is 6.11. The molecule has 4 N–H and O–H groups in total. The van der Waals surface area contributed by atoms with E-state index in [0.29, 0.717) is 5.56 Å². The standard InChI is InChI=1S/C20H24N4O3/c1-13-8-7-9-14(2)17(13)23-16(25)12-22-18(15-10-5-4-6-11-15)19(26)24-20(27)21-3/h4-11,18,22H,12H2,1-3H3,(H,23,25)(H2,21,24,26,27)/t18-/m1/s1. The Morgan fingerprint density at radius 3 is 2.15 bits per heavy atom. The minimum atomic E-state index is -0.841. The molecule has 1 atom stereocenters. The summed E-state index contributed by atoms with van der Waals surface area (Å²) >= 11 is 0. The highest BCUT2D eigenvalue weighted by Crippen LogP contribution is 2.19. The number of nitrogens with one attached hydrogen (secondary N) is 4. The Kier molecular flexibility index (Phi) is 7.08. The fraction of sp³-hybridized carbons (Fsp3) is 0.250. The van der Waals surface area contributed by atoms with Crippen molar-refractivity contribution in [1.29, 1.82) is 0 Å². The third-order valence-corrected chi connectivity index (χ3v) is 4.07. The number of hydrogen-bond acceptors (Lipinski definition) is 4. The van der Waals surface area contributed by atoms with Gasteiger partial charge in [0.05, 0.1) is 6.54 Å². The maximum absolute atomic E-state index is 12.4. The van der Waals surface area contributed by atoms with Crippen LogP contribution in [0.2, 0.25) is 0 Å². The van der Waals surface area contributed by atoms with E-state index in [1.807, 2.05) is 38.1 Å². The maximum atomic E-state index is 12.4. The number of amides is 4. The largest absolute Gasteiger partial charge is 0.341 e. The number of carbonyl (C=O) groups excluding carboxylic acids is 3. The van der Waals surface area contributed by atoms with Crippen LogP contribution in [0.25, 0.3) is 0 Å². The van der Waals surface area contributed by atoms with Crippen molar-refractivity contribution in [1.82, 2.24) is 16.0 Å². The number of para-hydroxylation sites is 1. The van der Waals surface area contributed by atoms with Gasteiger partial charge in [0, 0.05) is 12.7 Å². The summed E-state index contributed by atoms with van der Waals surface area (Å²) in [7, 11) is 1.42. The first-order valence-corrected chi connectivity index (χ1v) is 8.59. The number of imide groups is 1. The van der Waals surface area contributed by atoms with Crippen molar-refractivity contribution in [3.05, 3.63) is 65.2 Å². The summed E-state index contributed by atoms with van der Waals surface area (Å²) in [4.78, 5) is 36.3. The van der Waals surface area contributed by atoms with Crippen LogP contribution in [0.4, 0.5) is 10.5 Å². The number of benzene rings is 2. The van der Waals surface area contributed by atoms with Gasteiger partial charge in [-0.15, -0.1) is 0 Å². The molecule has 142 valence electrons. The molecular weight excluding hydrogens is 344 g/mol. The number of hydrogen-bond donors (Lipinski definition) is 4. The summed E-state index contributed by atoms with van der Waals surface area (Å²) in [6.45, 7) is 3.74. The maximum Gasteiger partial charge on any atom is 0.321 e. The lowest BCUT2D eigenvalue weighted by molar-refractivity contribution is -0.122. The van der Waals surface area contributed by atoms with E-state index in [9.17, 15) is 14.4 Å². The molecule has 2 aromatic rings. The minimum absolute atomic E-state index is 0.0888. The Morgan fingerprint density at radius 2 is 1.56 bits per heavy atom. The summed E-state index contributed by atoms with van der Waals surface area (Å²) in [6, 6.07) is 13.2. The van der Waals surface area contributed by atoms with E-state index in [2.05, 4.69) is 21.3 Å². The van der Waals surface area contributed by atoms with Crippen LogP contribution in [0, 0.1) is 13.8 Å². The SMILES string of the molecule is CNC(=O)NC(=O)[C@H](NCC(=O)Nc1c(C)cccc1C)c1ccccc1. The molecule has 2 aromatic carbocycles. The third kappa shape index (κ3) is 5.65. The summed E-state index contributed by atoms with van der Waals surface area (Å²) in [5, 5.41) is 10.4. The molecule has 0 bridgehead atoms. The van der Waals surface area contributed by atoms with Gasteiger partial charge in [0.2, 0.25) is 11.8 Å². The van der Waals surface area contributed by atoms with Crippen LogP contribution in [0.15, 0.2) is 48.5 Å². The zero-order valence-corrected chi connectivity index (χ0v) is 15.6. The number of aryl methyl sites for hydroxylation is 2. The van der Waals surface area contributed by atoms with Gasteiger partial charge in [-0.3, -0.25) is 20.2 Å². The monoisotopic (exact) mass is 368 g/mol. The lowest BCUT2D eigenvalue weighted by atomic mass is 10.1. The first kappa shape index (κ1) is 20.1. The second kappa shape index (κ2) is 9.49. The molecule has 0 unspecified atom stereocenters. The molecule has 7 nitrogen and oxygen atoms in total. The third-order valence-electron chi connectivity index (χ3n) is 4.07. The van der Waals surface area contributed by atoms with Gasteiger partial charge >= 0.3 is 6.03 Å². The molecule has 0 heterocycles. The number of rotatable bonds is 6. The van der Waals surface area contributed by atoms with E-state index in [-0.39, 0.29) is 12.5 Å². The molecule has 0 fully saturated rings. The molecule has 0 spiro atoms. The minimum Gasteiger partial charge on any atom is -0.341 e. The van der Waals surface area contributed by atoms with Gasteiger partial charge in [-0.05, 0) is 30.5 Å². The highest BCUT2D eigenvalue weighted by atomic mass is 16.2. The average molecular weight is 368 g/mol. The zero-order valence-electron chi connectivity index (χ0n) is 15.6. The predicted molar refractivity (Wildman–Crippen MR) is 104 cm³/mol. The van der Waals surface area contributed by atoms with E-state index >= 15 is 0 Å². The van der Waals surface area contributed by atoms with Crippen molar-refractivity contribution in [3.8, 4) is 0 Å². The average Bonchev–Trinajstić information content (AvgIpc) is 2.65. The summed E-state index contributed by atoms with van der Waals surface area (Å²) < 4.78 is 0. The van der Waals surface area contributed by atoms with Crippen molar-refractivity contribution < 1.29 is 14.4 Å². The molecule has 0 radical (unpaired) electrons. The molecule has 0 aliphatic heterocycles. The highest BCUT2D eigenvalue weighted by Gasteiger charge is 2.22. The molecule has 0 aliphatic rings. The van der Waals surface area contributed by atoms with Crippen LogP contribution in [0.3, 0.4) is 0 Å². The van der Waals surface area contributed by atoms with Gasteiger partial charge in [-0.2, -0.15) is 0 Å². The van der Waals surface area contributed by atoms with Crippen LogP contribution in [0.5, 0.6) is 0 Å². The Balaban J connectivity index is 2.08. The molecular formula is C20H24N4O3. The van der Waals surface area contributed by atoms with Crippen LogP contribution >= 0.6 is 0 Å². The van der Waals surface area contributed by atoms with E-state index in [0.717, 1.165) is 16.8 Å². The molecule has 0 saturated heterocycles. The van der Waals surface area contributed by atoms with Crippen molar-refractivity contribution in [3.63, 3.8) is 0 Å². The van der Waals surface area contributed by atoms with Crippen molar-refractivity contribution >= 4 is 23.5 Å². The molecule has 7 heteroatoms.